The van der Waals surface area contributed by atoms with E-state index in [-0.39, 0.29) is 0 Å². The normalized spacial score (nSPS) is 12.8. The second-order valence-electron chi connectivity index (χ2n) is 8.93. The molecule has 1 N–H and O–H groups in total. The first-order valence-electron chi connectivity index (χ1n) is 12.5. The summed E-state index contributed by atoms with van der Waals surface area (Å²) in [7, 11) is 4.27. The van der Waals surface area contributed by atoms with E-state index in [1.54, 1.807) is 0 Å². The molecule has 0 saturated carbocycles. The lowest BCUT2D eigenvalue weighted by molar-refractivity contribution is 0.198. The Morgan fingerprint density at radius 1 is 0.519 bits per heavy atom. The van der Waals surface area contributed by atoms with Gasteiger partial charge in [-0.25, -0.2) is 0 Å². The molecule has 0 saturated heterocycles. The Morgan fingerprint density at radius 3 is 1.15 bits per heavy atom. The van der Waals surface area contributed by atoms with Gasteiger partial charge in [-0.15, -0.1) is 0 Å². The highest BCUT2D eigenvalue weighted by Crippen LogP contribution is 2.15. The van der Waals surface area contributed by atoms with Gasteiger partial charge < -0.3 is 10.0 Å². The van der Waals surface area contributed by atoms with Crippen molar-refractivity contribution in [2.45, 2.75) is 141 Å². The molecule has 2 nitrogen and oxygen atoms in total. The monoisotopic (exact) mass is 383 g/mol. The lowest BCUT2D eigenvalue weighted by Crippen LogP contribution is -2.28. The van der Waals surface area contributed by atoms with E-state index in [1.807, 2.05) is 0 Å². The summed E-state index contributed by atoms with van der Waals surface area (Å²) in [6, 6.07) is 0.566. The van der Waals surface area contributed by atoms with Crippen LogP contribution in [0.15, 0.2) is 0 Å². The zero-order valence-electron chi connectivity index (χ0n) is 19.3. The van der Waals surface area contributed by atoms with E-state index in [4.69, 9.17) is 5.11 Å². The quantitative estimate of drug-likeness (QED) is 0.193. The smallest absolute Gasteiger partial charge is 0.0445 e. The van der Waals surface area contributed by atoms with Crippen molar-refractivity contribution in [3.05, 3.63) is 0 Å². The van der Waals surface area contributed by atoms with Gasteiger partial charge in [0, 0.05) is 12.6 Å². The lowest BCUT2D eigenvalue weighted by atomic mass is 10.0. The van der Waals surface area contributed by atoms with Crippen molar-refractivity contribution in [3.63, 3.8) is 0 Å². The maximum Gasteiger partial charge on any atom is 0.0445 e. The Bertz CT molecular complexity index is 267. The zero-order valence-corrected chi connectivity index (χ0v) is 19.3. The first kappa shape index (κ1) is 26.9. The molecule has 0 aromatic heterocycles. The van der Waals surface area contributed by atoms with Gasteiger partial charge in [0.25, 0.3) is 0 Å². The van der Waals surface area contributed by atoms with Crippen molar-refractivity contribution < 1.29 is 5.11 Å². The van der Waals surface area contributed by atoms with Crippen molar-refractivity contribution in [1.29, 1.82) is 0 Å². The molecular formula is C25H53NO. The van der Waals surface area contributed by atoms with E-state index >= 15 is 0 Å². The van der Waals surface area contributed by atoms with Gasteiger partial charge in [0.05, 0.1) is 0 Å². The predicted octanol–water partition coefficient (Wildman–Crippen LogP) is 7.73. The van der Waals surface area contributed by atoms with Crippen molar-refractivity contribution in [2.75, 3.05) is 20.7 Å². The number of aliphatic hydroxyl groups excluding tert-OH is 1. The summed E-state index contributed by atoms with van der Waals surface area (Å²) < 4.78 is 0. The minimum Gasteiger partial charge on any atom is -0.396 e. The molecule has 164 valence electrons. The van der Waals surface area contributed by atoms with E-state index < -0.39 is 0 Å². The van der Waals surface area contributed by atoms with Gasteiger partial charge in [0.2, 0.25) is 0 Å². The SMILES string of the molecule is CCCCCCCCCCCCCCCCCCCCC(CCO)N(C)C. The second-order valence-corrected chi connectivity index (χ2v) is 8.93. The summed E-state index contributed by atoms with van der Waals surface area (Å²) in [5.74, 6) is 0. The summed E-state index contributed by atoms with van der Waals surface area (Å²) in [5.41, 5.74) is 0. The zero-order chi connectivity index (χ0) is 20.0. The van der Waals surface area contributed by atoms with Gasteiger partial charge >= 0.3 is 0 Å². The third-order valence-corrected chi connectivity index (χ3v) is 6.08. The van der Waals surface area contributed by atoms with Crippen LogP contribution in [0, 0.1) is 0 Å². The maximum absolute atomic E-state index is 9.11. The molecule has 1 unspecified atom stereocenters. The summed E-state index contributed by atoms with van der Waals surface area (Å²) in [4.78, 5) is 2.27. The van der Waals surface area contributed by atoms with Crippen LogP contribution in [0.2, 0.25) is 0 Å². The highest BCUT2D eigenvalue weighted by Gasteiger charge is 2.09. The number of unbranched alkanes of at least 4 members (excludes halogenated alkanes) is 17. The topological polar surface area (TPSA) is 23.5 Å². The molecule has 0 heterocycles. The molecule has 0 aromatic carbocycles. The van der Waals surface area contributed by atoms with Gasteiger partial charge in [0.15, 0.2) is 0 Å². The molecule has 27 heavy (non-hydrogen) atoms. The second kappa shape index (κ2) is 22.2. The Labute approximate surface area is 172 Å². The number of hydrogen-bond acceptors (Lipinski definition) is 2. The van der Waals surface area contributed by atoms with Gasteiger partial charge in [-0.1, -0.05) is 122 Å². The first-order chi connectivity index (χ1) is 13.2. The van der Waals surface area contributed by atoms with Gasteiger partial charge in [0.1, 0.15) is 0 Å². The van der Waals surface area contributed by atoms with Crippen LogP contribution in [0.25, 0.3) is 0 Å². The van der Waals surface area contributed by atoms with Gasteiger partial charge in [-0.2, -0.15) is 0 Å². The van der Waals surface area contributed by atoms with Crippen molar-refractivity contribution in [1.82, 2.24) is 4.90 Å². The number of hydrogen-bond donors (Lipinski definition) is 1. The Hall–Kier alpha value is -0.0800. The first-order valence-corrected chi connectivity index (χ1v) is 12.5. The van der Waals surface area contributed by atoms with Crippen LogP contribution in [0.4, 0.5) is 0 Å². The summed E-state index contributed by atoms with van der Waals surface area (Å²) >= 11 is 0. The molecule has 0 rings (SSSR count). The Kier molecular flexibility index (Phi) is 22.1. The molecule has 0 aromatic rings. The molecule has 0 aliphatic rings. The summed E-state index contributed by atoms with van der Waals surface area (Å²) in [5, 5.41) is 9.11. The fourth-order valence-corrected chi connectivity index (χ4v) is 4.09. The summed E-state index contributed by atoms with van der Waals surface area (Å²) in [6.45, 7) is 2.62. The minimum atomic E-state index is 0.321. The molecule has 0 amide bonds. The predicted molar refractivity (Wildman–Crippen MR) is 123 cm³/mol. The standard InChI is InChI=1S/C25H53NO/c1-4-5-6-7-8-9-10-11-12-13-14-15-16-17-18-19-20-21-22-25(23-24-27)26(2)3/h25,27H,4-24H2,1-3H3. The van der Waals surface area contributed by atoms with E-state index in [2.05, 4.69) is 25.9 Å². The summed E-state index contributed by atoms with van der Waals surface area (Å²) in [6.07, 6.45) is 28.0. The molecule has 0 bridgehead atoms. The van der Waals surface area contributed by atoms with E-state index in [1.165, 1.54) is 122 Å². The molecule has 0 aliphatic heterocycles. The van der Waals surface area contributed by atoms with Crippen LogP contribution in [-0.2, 0) is 0 Å². The van der Waals surface area contributed by atoms with Crippen LogP contribution in [0.5, 0.6) is 0 Å². The van der Waals surface area contributed by atoms with E-state index in [0.29, 0.717) is 12.6 Å². The fourth-order valence-electron chi connectivity index (χ4n) is 4.09. The Morgan fingerprint density at radius 2 is 0.852 bits per heavy atom. The van der Waals surface area contributed by atoms with Crippen molar-refractivity contribution in [2.24, 2.45) is 0 Å². The highest BCUT2D eigenvalue weighted by atomic mass is 16.3. The third kappa shape index (κ3) is 20.5. The molecule has 2 heteroatoms. The minimum absolute atomic E-state index is 0.321. The molecule has 0 aliphatic carbocycles. The van der Waals surface area contributed by atoms with Crippen LogP contribution in [0.3, 0.4) is 0 Å². The number of aliphatic hydroxyl groups is 1. The molecule has 0 spiro atoms. The van der Waals surface area contributed by atoms with Crippen LogP contribution >= 0.6 is 0 Å². The molecular weight excluding hydrogens is 330 g/mol. The Balaban J connectivity index is 3.14. The van der Waals surface area contributed by atoms with Gasteiger partial charge in [-0.05, 0) is 26.9 Å². The van der Waals surface area contributed by atoms with Crippen LogP contribution in [0.1, 0.15) is 135 Å². The third-order valence-electron chi connectivity index (χ3n) is 6.08. The number of rotatable bonds is 22. The molecule has 1 atom stereocenters. The van der Waals surface area contributed by atoms with Crippen LogP contribution in [-0.4, -0.2) is 36.8 Å². The van der Waals surface area contributed by atoms with Crippen LogP contribution < -0.4 is 0 Å². The van der Waals surface area contributed by atoms with E-state index in [9.17, 15) is 0 Å². The van der Waals surface area contributed by atoms with Crippen molar-refractivity contribution in [3.8, 4) is 0 Å². The van der Waals surface area contributed by atoms with Gasteiger partial charge in [-0.3, -0.25) is 0 Å². The van der Waals surface area contributed by atoms with E-state index in [0.717, 1.165) is 6.42 Å². The van der Waals surface area contributed by atoms with Crippen molar-refractivity contribution >= 4 is 0 Å². The average Bonchev–Trinajstić information content (AvgIpc) is 2.66. The lowest BCUT2D eigenvalue weighted by Gasteiger charge is -2.23. The number of nitrogens with zero attached hydrogens (tertiary/aromatic N) is 1. The fraction of sp³-hybridized carbons (Fsp3) is 1.00. The highest BCUT2D eigenvalue weighted by molar-refractivity contribution is 4.65. The molecule has 0 radical (unpaired) electrons. The largest absolute Gasteiger partial charge is 0.396 e. The molecule has 0 fully saturated rings. The average molecular weight is 384 g/mol. The maximum atomic E-state index is 9.11.